The van der Waals surface area contributed by atoms with Crippen LogP contribution < -0.4 is 5.32 Å². The molecule has 1 N–H and O–H groups in total. The van der Waals surface area contributed by atoms with E-state index >= 15 is 0 Å². The van der Waals surface area contributed by atoms with E-state index in [4.69, 9.17) is 9.47 Å². The van der Waals surface area contributed by atoms with Gasteiger partial charge in [0.1, 0.15) is 0 Å². The second-order valence-corrected chi connectivity index (χ2v) is 4.19. The molecule has 0 amide bonds. The molecular formula is C12H25NO2. The van der Waals surface area contributed by atoms with Gasteiger partial charge in [-0.1, -0.05) is 13.8 Å². The minimum absolute atomic E-state index is 0.519. The first-order valence-electron chi connectivity index (χ1n) is 6.27. The van der Waals surface area contributed by atoms with Gasteiger partial charge in [0.2, 0.25) is 0 Å². The third-order valence-electron chi connectivity index (χ3n) is 2.95. The Morgan fingerprint density at radius 3 is 2.67 bits per heavy atom. The molecule has 0 aromatic heterocycles. The molecule has 1 aliphatic rings. The molecule has 0 aromatic rings. The monoisotopic (exact) mass is 215 g/mol. The fourth-order valence-corrected chi connectivity index (χ4v) is 2.10. The predicted molar refractivity (Wildman–Crippen MR) is 62.1 cm³/mol. The van der Waals surface area contributed by atoms with Gasteiger partial charge in [0.25, 0.3) is 0 Å². The number of ether oxygens (including phenoxy) is 2. The minimum Gasteiger partial charge on any atom is -0.381 e. The van der Waals surface area contributed by atoms with Crippen LogP contribution in [0.2, 0.25) is 0 Å². The fraction of sp³-hybridized carbons (Fsp3) is 1.00. The molecule has 0 aliphatic carbocycles. The zero-order chi connectivity index (χ0) is 10.9. The van der Waals surface area contributed by atoms with Crippen LogP contribution in [-0.2, 0) is 9.47 Å². The van der Waals surface area contributed by atoms with E-state index in [1.165, 1.54) is 12.8 Å². The van der Waals surface area contributed by atoms with Crippen molar-refractivity contribution >= 4 is 0 Å². The van der Waals surface area contributed by atoms with Crippen LogP contribution in [0.1, 0.15) is 33.1 Å². The first-order valence-corrected chi connectivity index (χ1v) is 6.27. The Balaban J connectivity index is 2.26. The third-order valence-corrected chi connectivity index (χ3v) is 2.95. The minimum atomic E-state index is 0.519. The summed E-state index contributed by atoms with van der Waals surface area (Å²) in [5.74, 6) is 0.732. The Labute approximate surface area is 93.5 Å². The average Bonchev–Trinajstić information content (AvgIpc) is 2.29. The molecule has 1 aliphatic heterocycles. The third kappa shape index (κ3) is 4.96. The van der Waals surface area contributed by atoms with Gasteiger partial charge >= 0.3 is 0 Å². The lowest BCUT2D eigenvalue weighted by Gasteiger charge is -2.30. The summed E-state index contributed by atoms with van der Waals surface area (Å²) in [5, 5.41) is 3.53. The van der Waals surface area contributed by atoms with Crippen LogP contribution in [0.15, 0.2) is 0 Å². The molecule has 1 heterocycles. The largest absolute Gasteiger partial charge is 0.381 e. The average molecular weight is 215 g/mol. The van der Waals surface area contributed by atoms with Crippen molar-refractivity contribution in [2.75, 3.05) is 33.0 Å². The summed E-state index contributed by atoms with van der Waals surface area (Å²) in [4.78, 5) is 0. The summed E-state index contributed by atoms with van der Waals surface area (Å²) < 4.78 is 11.0. The van der Waals surface area contributed by atoms with Gasteiger partial charge < -0.3 is 14.8 Å². The van der Waals surface area contributed by atoms with E-state index in [0.29, 0.717) is 6.04 Å². The smallest absolute Gasteiger partial charge is 0.0622 e. The van der Waals surface area contributed by atoms with Crippen LogP contribution in [0.25, 0.3) is 0 Å². The highest BCUT2D eigenvalue weighted by Crippen LogP contribution is 2.19. The molecule has 1 unspecified atom stereocenters. The highest BCUT2D eigenvalue weighted by atomic mass is 16.5. The first kappa shape index (κ1) is 12.9. The number of rotatable bonds is 7. The van der Waals surface area contributed by atoms with Crippen molar-refractivity contribution in [3.63, 3.8) is 0 Å². The van der Waals surface area contributed by atoms with Gasteiger partial charge in [0.15, 0.2) is 0 Å². The van der Waals surface area contributed by atoms with E-state index in [0.717, 1.165) is 45.3 Å². The summed E-state index contributed by atoms with van der Waals surface area (Å²) in [6.07, 6.45) is 3.45. The van der Waals surface area contributed by atoms with Crippen LogP contribution in [0.4, 0.5) is 0 Å². The van der Waals surface area contributed by atoms with Crippen molar-refractivity contribution in [1.29, 1.82) is 0 Å². The molecule has 1 rings (SSSR count). The Bertz CT molecular complexity index is 147. The maximum atomic E-state index is 5.65. The van der Waals surface area contributed by atoms with Crippen molar-refractivity contribution in [3.05, 3.63) is 0 Å². The lowest BCUT2D eigenvalue weighted by molar-refractivity contribution is 0.0293. The summed E-state index contributed by atoms with van der Waals surface area (Å²) >= 11 is 0. The zero-order valence-corrected chi connectivity index (χ0v) is 10.1. The lowest BCUT2D eigenvalue weighted by atomic mass is 9.92. The molecule has 3 nitrogen and oxygen atoms in total. The van der Waals surface area contributed by atoms with E-state index in [1.54, 1.807) is 0 Å². The van der Waals surface area contributed by atoms with Gasteiger partial charge in [0.05, 0.1) is 6.61 Å². The highest BCUT2D eigenvalue weighted by Gasteiger charge is 2.23. The summed E-state index contributed by atoms with van der Waals surface area (Å²) in [6, 6.07) is 0.519. The van der Waals surface area contributed by atoms with E-state index < -0.39 is 0 Å². The van der Waals surface area contributed by atoms with Crippen molar-refractivity contribution in [1.82, 2.24) is 5.32 Å². The van der Waals surface area contributed by atoms with Crippen molar-refractivity contribution in [2.45, 2.75) is 39.2 Å². The second kappa shape index (κ2) is 8.08. The van der Waals surface area contributed by atoms with Crippen molar-refractivity contribution in [2.24, 2.45) is 5.92 Å². The summed E-state index contributed by atoms with van der Waals surface area (Å²) in [7, 11) is 0. The number of hydrogen-bond donors (Lipinski definition) is 1. The number of hydrogen-bond acceptors (Lipinski definition) is 3. The Hall–Kier alpha value is -0.120. The van der Waals surface area contributed by atoms with Gasteiger partial charge in [-0.3, -0.25) is 0 Å². The molecular weight excluding hydrogens is 190 g/mol. The molecule has 0 saturated carbocycles. The number of likely N-dealkylation sites (N-methyl/N-ethyl adjacent to an activating group) is 1. The fourth-order valence-electron chi connectivity index (χ4n) is 2.10. The van der Waals surface area contributed by atoms with E-state index in [2.05, 4.69) is 19.2 Å². The SMILES string of the molecule is CCCOCC(NCC)C1CCOCC1. The van der Waals surface area contributed by atoms with E-state index in [-0.39, 0.29) is 0 Å². The van der Waals surface area contributed by atoms with Gasteiger partial charge in [-0.15, -0.1) is 0 Å². The van der Waals surface area contributed by atoms with Gasteiger partial charge in [-0.2, -0.15) is 0 Å². The highest BCUT2D eigenvalue weighted by molar-refractivity contribution is 4.77. The predicted octanol–water partition coefficient (Wildman–Crippen LogP) is 1.82. The maximum Gasteiger partial charge on any atom is 0.0622 e. The van der Waals surface area contributed by atoms with Crippen LogP contribution in [0.3, 0.4) is 0 Å². The zero-order valence-electron chi connectivity index (χ0n) is 10.1. The molecule has 1 fully saturated rings. The molecule has 0 spiro atoms. The lowest BCUT2D eigenvalue weighted by Crippen LogP contribution is -2.42. The molecule has 90 valence electrons. The molecule has 1 saturated heterocycles. The normalized spacial score (nSPS) is 20.4. The molecule has 0 radical (unpaired) electrons. The molecule has 15 heavy (non-hydrogen) atoms. The maximum absolute atomic E-state index is 5.65. The Morgan fingerprint density at radius 2 is 2.07 bits per heavy atom. The number of nitrogens with one attached hydrogen (secondary N) is 1. The molecule has 1 atom stereocenters. The molecule has 3 heteroatoms. The first-order chi connectivity index (χ1) is 7.38. The quantitative estimate of drug-likeness (QED) is 0.657. The topological polar surface area (TPSA) is 30.5 Å². The molecule has 0 bridgehead atoms. The second-order valence-electron chi connectivity index (χ2n) is 4.19. The van der Waals surface area contributed by atoms with Crippen LogP contribution in [-0.4, -0.2) is 39.0 Å². The van der Waals surface area contributed by atoms with E-state index in [9.17, 15) is 0 Å². The summed E-state index contributed by atoms with van der Waals surface area (Å²) in [6.45, 7) is 8.90. The van der Waals surface area contributed by atoms with Gasteiger partial charge in [-0.05, 0) is 31.7 Å². The van der Waals surface area contributed by atoms with E-state index in [1.807, 2.05) is 0 Å². The van der Waals surface area contributed by atoms with Crippen molar-refractivity contribution in [3.8, 4) is 0 Å². The molecule has 0 aromatic carbocycles. The van der Waals surface area contributed by atoms with Gasteiger partial charge in [0, 0.05) is 25.9 Å². The van der Waals surface area contributed by atoms with Crippen molar-refractivity contribution < 1.29 is 9.47 Å². The summed E-state index contributed by atoms with van der Waals surface area (Å²) in [5.41, 5.74) is 0. The Kier molecular flexibility index (Phi) is 6.98. The van der Waals surface area contributed by atoms with Crippen LogP contribution >= 0.6 is 0 Å². The van der Waals surface area contributed by atoms with Crippen LogP contribution in [0, 0.1) is 5.92 Å². The van der Waals surface area contributed by atoms with Crippen LogP contribution in [0.5, 0.6) is 0 Å². The van der Waals surface area contributed by atoms with Gasteiger partial charge in [-0.25, -0.2) is 0 Å². The Morgan fingerprint density at radius 1 is 1.33 bits per heavy atom. The standard InChI is InChI=1S/C12H25NO2/c1-3-7-15-10-12(13-4-2)11-5-8-14-9-6-11/h11-13H,3-10H2,1-2H3.